The van der Waals surface area contributed by atoms with E-state index < -0.39 is 0 Å². The Kier molecular flexibility index (Phi) is 8.42. The first-order valence-corrected chi connectivity index (χ1v) is 21.9. The summed E-state index contributed by atoms with van der Waals surface area (Å²) in [5.41, 5.74) is 13.9. The van der Waals surface area contributed by atoms with Gasteiger partial charge in [0.05, 0.1) is 27.6 Å². The zero-order valence-corrected chi connectivity index (χ0v) is 35.1. The summed E-state index contributed by atoms with van der Waals surface area (Å²) in [5, 5.41) is 5.93. The molecule has 9 aromatic carbocycles. The molecule has 13 rings (SSSR count). The summed E-state index contributed by atoms with van der Waals surface area (Å²) in [7, 11) is 0. The smallest absolute Gasteiger partial charge is 0.164 e. The minimum absolute atomic E-state index is 0.605. The molecular weight excluding hydrogens is 793 g/mol. The standard InChI is InChI=1S/C59H38N6/c1-6-18-39(19-7-1)43-34-44(59-61-57(40-20-8-2-9-21-40)60-58(62-59)41-22-10-3-11-23-41)36-47(35-43)65-51-29-17-16-28-48(51)49-30-31-52-55(56(49)65)50-37-42-32-33-63(45-24-12-4-13-25-45)53(42)38-54(50)64(52)46-26-14-5-15-27-46/h1-38H. The molecule has 4 aromatic heterocycles. The van der Waals surface area contributed by atoms with E-state index >= 15 is 0 Å². The summed E-state index contributed by atoms with van der Waals surface area (Å²) >= 11 is 0. The van der Waals surface area contributed by atoms with Crippen LogP contribution in [0.2, 0.25) is 0 Å². The van der Waals surface area contributed by atoms with Crippen LogP contribution in [0.3, 0.4) is 0 Å². The Morgan fingerprint density at radius 3 is 1.51 bits per heavy atom. The molecule has 6 nitrogen and oxygen atoms in total. The van der Waals surface area contributed by atoms with E-state index in [2.05, 4.69) is 208 Å². The molecule has 13 aromatic rings. The monoisotopic (exact) mass is 830 g/mol. The van der Waals surface area contributed by atoms with Crippen LogP contribution >= 0.6 is 0 Å². The molecule has 0 saturated carbocycles. The molecule has 0 spiro atoms. The van der Waals surface area contributed by atoms with Gasteiger partial charge in [0, 0.05) is 66.9 Å². The van der Waals surface area contributed by atoms with Crippen molar-refractivity contribution in [2.75, 3.05) is 0 Å². The Bertz CT molecular complexity index is 3850. The van der Waals surface area contributed by atoms with Gasteiger partial charge in [-0.05, 0) is 83.9 Å². The average Bonchev–Trinajstić information content (AvgIpc) is 4.06. The van der Waals surface area contributed by atoms with Crippen LogP contribution in [0.15, 0.2) is 231 Å². The lowest BCUT2D eigenvalue weighted by Gasteiger charge is -2.15. The van der Waals surface area contributed by atoms with Crippen molar-refractivity contribution >= 4 is 54.5 Å². The molecule has 0 bridgehead atoms. The van der Waals surface area contributed by atoms with Crippen LogP contribution in [0.4, 0.5) is 0 Å². The highest BCUT2D eigenvalue weighted by Crippen LogP contribution is 2.44. The van der Waals surface area contributed by atoms with E-state index in [1.54, 1.807) is 0 Å². The van der Waals surface area contributed by atoms with E-state index in [1.165, 1.54) is 26.9 Å². The number of para-hydroxylation sites is 3. The molecule has 0 aliphatic heterocycles. The second-order valence-electron chi connectivity index (χ2n) is 16.5. The highest BCUT2D eigenvalue weighted by atomic mass is 15.0. The van der Waals surface area contributed by atoms with Gasteiger partial charge < -0.3 is 13.7 Å². The first-order chi connectivity index (χ1) is 32.2. The van der Waals surface area contributed by atoms with Gasteiger partial charge in [-0.2, -0.15) is 0 Å². The van der Waals surface area contributed by atoms with Gasteiger partial charge in [-0.3, -0.25) is 0 Å². The zero-order chi connectivity index (χ0) is 42.8. The van der Waals surface area contributed by atoms with Gasteiger partial charge in [-0.15, -0.1) is 0 Å². The lowest BCUT2D eigenvalue weighted by atomic mass is 10.0. The molecule has 0 amide bonds. The van der Waals surface area contributed by atoms with Gasteiger partial charge in [-0.25, -0.2) is 15.0 Å². The number of benzene rings is 9. The van der Waals surface area contributed by atoms with Crippen LogP contribution in [0.5, 0.6) is 0 Å². The van der Waals surface area contributed by atoms with Gasteiger partial charge >= 0.3 is 0 Å². The Hall–Kier alpha value is -8.87. The molecule has 304 valence electrons. The van der Waals surface area contributed by atoms with Gasteiger partial charge in [-0.1, -0.05) is 152 Å². The quantitative estimate of drug-likeness (QED) is 0.161. The predicted molar refractivity (Wildman–Crippen MR) is 267 cm³/mol. The maximum absolute atomic E-state index is 5.23. The summed E-state index contributed by atoms with van der Waals surface area (Å²) < 4.78 is 7.19. The lowest BCUT2D eigenvalue weighted by molar-refractivity contribution is 1.07. The van der Waals surface area contributed by atoms with Crippen molar-refractivity contribution < 1.29 is 0 Å². The number of aromatic nitrogens is 6. The summed E-state index contributed by atoms with van der Waals surface area (Å²) in [4.78, 5) is 15.5. The topological polar surface area (TPSA) is 53.5 Å². The number of rotatable bonds is 7. The number of hydrogen-bond acceptors (Lipinski definition) is 3. The molecule has 0 fully saturated rings. The zero-order valence-electron chi connectivity index (χ0n) is 35.1. The van der Waals surface area contributed by atoms with Crippen LogP contribution < -0.4 is 0 Å². The van der Waals surface area contributed by atoms with E-state index in [9.17, 15) is 0 Å². The number of hydrogen-bond donors (Lipinski definition) is 0. The minimum atomic E-state index is 0.605. The van der Waals surface area contributed by atoms with Crippen LogP contribution in [0.25, 0.3) is 117 Å². The Labute approximate surface area is 374 Å². The Morgan fingerprint density at radius 1 is 0.292 bits per heavy atom. The minimum Gasteiger partial charge on any atom is -0.316 e. The van der Waals surface area contributed by atoms with Gasteiger partial charge in [0.1, 0.15) is 0 Å². The van der Waals surface area contributed by atoms with Gasteiger partial charge in [0.15, 0.2) is 17.5 Å². The second-order valence-corrected chi connectivity index (χ2v) is 16.5. The molecule has 0 radical (unpaired) electrons. The van der Waals surface area contributed by atoms with Crippen LogP contribution in [0, 0.1) is 0 Å². The molecule has 65 heavy (non-hydrogen) atoms. The van der Waals surface area contributed by atoms with Crippen molar-refractivity contribution in [3.63, 3.8) is 0 Å². The van der Waals surface area contributed by atoms with Crippen molar-refractivity contribution in [1.82, 2.24) is 28.7 Å². The van der Waals surface area contributed by atoms with Crippen LogP contribution in [0.1, 0.15) is 0 Å². The van der Waals surface area contributed by atoms with Crippen LogP contribution in [-0.4, -0.2) is 28.7 Å². The third-order valence-corrected chi connectivity index (χ3v) is 12.7. The maximum atomic E-state index is 5.23. The summed E-state index contributed by atoms with van der Waals surface area (Å²) in [6, 6.07) is 79.5. The molecule has 0 N–H and O–H groups in total. The lowest BCUT2D eigenvalue weighted by Crippen LogP contribution is -2.02. The SMILES string of the molecule is c1ccc(-c2cc(-c3nc(-c4ccccc4)nc(-c4ccccc4)n3)cc(-n3c4ccccc4c4ccc5c(c6cc7ccn(-c8ccccc8)c7cc6n5-c5ccccc5)c43)c2)cc1. The van der Waals surface area contributed by atoms with E-state index in [4.69, 9.17) is 15.0 Å². The van der Waals surface area contributed by atoms with Gasteiger partial charge in [0.2, 0.25) is 0 Å². The fourth-order valence-electron chi connectivity index (χ4n) is 9.73. The third-order valence-electron chi connectivity index (χ3n) is 12.7. The van der Waals surface area contributed by atoms with Crippen molar-refractivity contribution in [1.29, 1.82) is 0 Å². The fraction of sp³-hybridized carbons (Fsp3) is 0. The molecule has 0 aliphatic rings. The third kappa shape index (κ3) is 6.07. The van der Waals surface area contributed by atoms with E-state index in [-0.39, 0.29) is 0 Å². The van der Waals surface area contributed by atoms with Crippen molar-refractivity contribution in [2.24, 2.45) is 0 Å². The molecule has 6 heteroatoms. The van der Waals surface area contributed by atoms with E-state index in [0.29, 0.717) is 17.5 Å². The average molecular weight is 831 g/mol. The molecule has 0 aliphatic carbocycles. The second kappa shape index (κ2) is 14.9. The van der Waals surface area contributed by atoms with Crippen molar-refractivity contribution in [3.05, 3.63) is 231 Å². The molecule has 0 atom stereocenters. The maximum Gasteiger partial charge on any atom is 0.164 e. The summed E-state index contributed by atoms with van der Waals surface area (Å²) in [6.07, 6.45) is 2.19. The molecule has 0 saturated heterocycles. The molecule has 4 heterocycles. The number of fused-ring (bicyclic) bond motifs is 8. The Balaban J connectivity index is 1.14. The Morgan fingerprint density at radius 2 is 0.846 bits per heavy atom. The summed E-state index contributed by atoms with van der Waals surface area (Å²) in [6.45, 7) is 0. The first kappa shape index (κ1) is 36.8. The highest BCUT2D eigenvalue weighted by Gasteiger charge is 2.23. The largest absolute Gasteiger partial charge is 0.316 e. The number of nitrogens with zero attached hydrogens (tertiary/aromatic N) is 6. The molecular formula is C59H38N6. The van der Waals surface area contributed by atoms with E-state index in [0.717, 1.165) is 72.5 Å². The highest BCUT2D eigenvalue weighted by molar-refractivity contribution is 6.27. The summed E-state index contributed by atoms with van der Waals surface area (Å²) in [5.74, 6) is 1.86. The first-order valence-electron chi connectivity index (χ1n) is 21.9. The van der Waals surface area contributed by atoms with Gasteiger partial charge in [0.25, 0.3) is 0 Å². The van der Waals surface area contributed by atoms with Crippen LogP contribution in [-0.2, 0) is 0 Å². The fourth-order valence-corrected chi connectivity index (χ4v) is 9.73. The van der Waals surface area contributed by atoms with Crippen molar-refractivity contribution in [3.8, 4) is 62.4 Å². The van der Waals surface area contributed by atoms with Crippen molar-refractivity contribution in [2.45, 2.75) is 0 Å². The molecule has 0 unspecified atom stereocenters. The normalized spacial score (nSPS) is 11.7. The predicted octanol–water partition coefficient (Wildman–Crippen LogP) is 14.7. The van der Waals surface area contributed by atoms with E-state index in [1.807, 2.05) is 36.4 Å².